The molecule has 1 saturated carbocycles. The number of nitrogen functional groups attached to an aromatic ring is 1. The van der Waals surface area contributed by atoms with E-state index < -0.39 is 0 Å². The van der Waals surface area contributed by atoms with E-state index in [0.717, 1.165) is 23.5 Å². The van der Waals surface area contributed by atoms with Crippen LogP contribution in [0.4, 0.5) is 17.5 Å². The van der Waals surface area contributed by atoms with Gasteiger partial charge in [0.25, 0.3) is 0 Å². The molecular formula is C28H38N6. The summed E-state index contributed by atoms with van der Waals surface area (Å²) in [5, 5.41) is 3.18. The lowest BCUT2D eigenvalue weighted by atomic mass is 10.0. The molecule has 180 valence electrons. The summed E-state index contributed by atoms with van der Waals surface area (Å²) in [6, 6.07) is 12.2. The Morgan fingerprint density at radius 3 is 2.03 bits per heavy atom. The van der Waals surface area contributed by atoms with Crippen LogP contribution in [-0.2, 0) is 6.54 Å². The maximum atomic E-state index is 6.18. The number of anilines is 3. The molecule has 1 aromatic carbocycles. The van der Waals surface area contributed by atoms with Crippen LogP contribution in [0.5, 0.6) is 0 Å². The zero-order chi connectivity index (χ0) is 23.6. The van der Waals surface area contributed by atoms with E-state index in [4.69, 9.17) is 5.73 Å². The highest BCUT2D eigenvalue weighted by molar-refractivity contribution is 5.71. The summed E-state index contributed by atoms with van der Waals surface area (Å²) in [6.45, 7) is 5.37. The average Bonchev–Trinajstić information content (AvgIpc) is 2.88. The predicted molar refractivity (Wildman–Crippen MR) is 141 cm³/mol. The second-order valence-corrected chi connectivity index (χ2v) is 9.49. The van der Waals surface area contributed by atoms with Crippen molar-refractivity contribution in [2.24, 2.45) is 0 Å². The molecule has 5 rings (SSSR count). The van der Waals surface area contributed by atoms with Crippen molar-refractivity contribution in [1.29, 1.82) is 0 Å². The number of benzene rings is 1. The van der Waals surface area contributed by atoms with Crippen molar-refractivity contribution < 1.29 is 0 Å². The van der Waals surface area contributed by atoms with Crippen molar-refractivity contribution >= 4 is 17.5 Å². The summed E-state index contributed by atoms with van der Waals surface area (Å²) < 4.78 is 0. The first kappa shape index (κ1) is 24.1. The van der Waals surface area contributed by atoms with Gasteiger partial charge in [-0.3, -0.25) is 9.88 Å². The van der Waals surface area contributed by atoms with Gasteiger partial charge in [-0.05, 0) is 56.6 Å². The summed E-state index contributed by atoms with van der Waals surface area (Å²) in [6.07, 6.45) is 16.6. The first-order valence-corrected chi connectivity index (χ1v) is 12.8. The van der Waals surface area contributed by atoms with E-state index in [2.05, 4.69) is 38.2 Å². The molecule has 3 aromatic rings. The quantitative estimate of drug-likeness (QED) is 0.454. The number of pyridine rings is 1. The Kier molecular flexibility index (Phi) is 8.85. The smallest absolute Gasteiger partial charge is 0.229 e. The van der Waals surface area contributed by atoms with Crippen LogP contribution in [0.1, 0.15) is 68.9 Å². The fourth-order valence-corrected chi connectivity index (χ4v) is 4.53. The van der Waals surface area contributed by atoms with Gasteiger partial charge in [0, 0.05) is 24.6 Å². The van der Waals surface area contributed by atoms with E-state index in [0.29, 0.717) is 11.8 Å². The van der Waals surface area contributed by atoms with Crippen molar-refractivity contribution in [3.63, 3.8) is 0 Å². The van der Waals surface area contributed by atoms with Crippen LogP contribution in [-0.4, -0.2) is 32.9 Å². The Balaban J connectivity index is 0.000000398. The fourth-order valence-electron chi connectivity index (χ4n) is 4.53. The van der Waals surface area contributed by atoms with Gasteiger partial charge in [-0.25, -0.2) is 4.98 Å². The number of aromatic nitrogens is 3. The second kappa shape index (κ2) is 12.5. The van der Waals surface area contributed by atoms with Crippen LogP contribution in [0.3, 0.4) is 0 Å². The Bertz CT molecular complexity index is 995. The van der Waals surface area contributed by atoms with E-state index in [1.54, 1.807) is 6.20 Å². The zero-order valence-electron chi connectivity index (χ0n) is 20.5. The van der Waals surface area contributed by atoms with E-state index >= 15 is 0 Å². The van der Waals surface area contributed by atoms with E-state index in [1.165, 1.54) is 82.0 Å². The van der Waals surface area contributed by atoms with Crippen LogP contribution in [0.15, 0.2) is 48.8 Å². The highest BCUT2D eigenvalue weighted by Gasteiger charge is 2.12. The van der Waals surface area contributed by atoms with Gasteiger partial charge in [0.1, 0.15) is 5.82 Å². The summed E-state index contributed by atoms with van der Waals surface area (Å²) in [5.41, 5.74) is 11.1. The van der Waals surface area contributed by atoms with Gasteiger partial charge < -0.3 is 11.1 Å². The maximum Gasteiger partial charge on any atom is 0.229 e. The number of hydrogen-bond acceptors (Lipinski definition) is 6. The number of likely N-dealkylation sites (tertiary alicyclic amines) is 1. The van der Waals surface area contributed by atoms with E-state index in [-0.39, 0.29) is 0 Å². The summed E-state index contributed by atoms with van der Waals surface area (Å²) in [5.74, 6) is 0.896. The Morgan fingerprint density at radius 1 is 0.794 bits per heavy atom. The van der Waals surface area contributed by atoms with Gasteiger partial charge in [0.15, 0.2) is 0 Å². The molecule has 0 unspecified atom stereocenters. The highest BCUT2D eigenvalue weighted by atomic mass is 15.1. The van der Waals surface area contributed by atoms with Gasteiger partial charge >= 0.3 is 0 Å². The standard InChI is InChI=1S/C22H26N6.C6H12/c1-16-5-8-18(9-6-16)26-22-25-14-19(21(23)27-22)20-10-7-17(13-24-20)15-28-11-3-2-4-12-28;1-2-4-6-5-3-1/h5-10,13-14H,2-4,11-12,15H2,1H3,(H3,23,25,26,27);1-6H2. The predicted octanol–water partition coefficient (Wildman–Crippen LogP) is 6.50. The number of nitrogens with one attached hydrogen (secondary N) is 1. The summed E-state index contributed by atoms with van der Waals surface area (Å²) >= 11 is 0. The zero-order valence-corrected chi connectivity index (χ0v) is 20.5. The average molecular weight is 459 g/mol. The van der Waals surface area contributed by atoms with Gasteiger partial charge in [-0.2, -0.15) is 4.98 Å². The van der Waals surface area contributed by atoms with Gasteiger partial charge in [-0.1, -0.05) is 68.7 Å². The first-order valence-electron chi connectivity index (χ1n) is 12.8. The maximum absolute atomic E-state index is 6.18. The molecule has 1 aliphatic heterocycles. The van der Waals surface area contributed by atoms with E-state index in [9.17, 15) is 0 Å². The lowest BCUT2D eigenvalue weighted by Crippen LogP contribution is -2.29. The summed E-state index contributed by atoms with van der Waals surface area (Å²) in [4.78, 5) is 15.9. The molecule has 2 fully saturated rings. The number of nitrogens with zero attached hydrogens (tertiary/aromatic N) is 4. The Hall–Kier alpha value is -2.99. The summed E-state index contributed by atoms with van der Waals surface area (Å²) in [7, 11) is 0. The SMILES string of the molecule is C1CCCCC1.Cc1ccc(Nc2ncc(-c3ccc(CN4CCCCC4)cn3)c(N)n2)cc1. The molecule has 3 N–H and O–H groups in total. The van der Waals surface area contributed by atoms with Crippen LogP contribution in [0.2, 0.25) is 0 Å². The Morgan fingerprint density at radius 2 is 1.44 bits per heavy atom. The Labute approximate surface area is 204 Å². The van der Waals surface area contributed by atoms with Crippen molar-refractivity contribution in [1.82, 2.24) is 19.9 Å². The molecule has 6 nitrogen and oxygen atoms in total. The molecule has 2 aromatic heterocycles. The minimum Gasteiger partial charge on any atom is -0.383 e. The van der Waals surface area contributed by atoms with Crippen molar-refractivity contribution in [3.8, 4) is 11.3 Å². The number of piperidine rings is 1. The van der Waals surface area contributed by atoms with E-state index in [1.807, 2.05) is 36.5 Å². The minimum atomic E-state index is 0.417. The third-order valence-corrected chi connectivity index (χ3v) is 6.58. The number of aryl methyl sites for hydroxylation is 1. The number of rotatable bonds is 5. The molecule has 3 heterocycles. The number of nitrogens with two attached hydrogens (primary N) is 1. The molecule has 0 amide bonds. The van der Waals surface area contributed by atoms with Gasteiger partial charge in [-0.15, -0.1) is 0 Å². The first-order chi connectivity index (χ1) is 16.7. The highest BCUT2D eigenvalue weighted by Crippen LogP contribution is 2.24. The van der Waals surface area contributed by atoms with Crippen LogP contribution in [0, 0.1) is 6.92 Å². The molecule has 34 heavy (non-hydrogen) atoms. The second-order valence-electron chi connectivity index (χ2n) is 9.49. The monoisotopic (exact) mass is 458 g/mol. The largest absolute Gasteiger partial charge is 0.383 e. The molecule has 0 spiro atoms. The third kappa shape index (κ3) is 7.26. The van der Waals surface area contributed by atoms with Crippen LogP contribution in [0.25, 0.3) is 11.3 Å². The van der Waals surface area contributed by atoms with Crippen LogP contribution >= 0.6 is 0 Å². The molecular weight excluding hydrogens is 420 g/mol. The van der Waals surface area contributed by atoms with Crippen LogP contribution < -0.4 is 11.1 Å². The molecule has 6 heteroatoms. The molecule has 2 aliphatic rings. The lowest BCUT2D eigenvalue weighted by Gasteiger charge is -2.26. The van der Waals surface area contributed by atoms with Crippen molar-refractivity contribution in [3.05, 3.63) is 59.9 Å². The minimum absolute atomic E-state index is 0.417. The lowest BCUT2D eigenvalue weighted by molar-refractivity contribution is 0.220. The van der Waals surface area contributed by atoms with Gasteiger partial charge in [0.05, 0.1) is 11.3 Å². The molecule has 0 radical (unpaired) electrons. The molecule has 1 aliphatic carbocycles. The fraction of sp³-hybridized carbons (Fsp3) is 0.464. The normalized spacial score (nSPS) is 16.4. The van der Waals surface area contributed by atoms with Crippen molar-refractivity contribution in [2.45, 2.75) is 71.3 Å². The third-order valence-electron chi connectivity index (χ3n) is 6.58. The molecule has 0 bridgehead atoms. The molecule has 0 atom stereocenters. The molecule has 1 saturated heterocycles. The van der Waals surface area contributed by atoms with Gasteiger partial charge in [0.2, 0.25) is 5.95 Å². The topological polar surface area (TPSA) is 80.0 Å². The van der Waals surface area contributed by atoms with Crippen molar-refractivity contribution in [2.75, 3.05) is 24.1 Å². The number of hydrogen-bond donors (Lipinski definition) is 2.